The smallest absolute Gasteiger partial charge is 0.337 e. The lowest BCUT2D eigenvalue weighted by Crippen LogP contribution is -2.45. The van der Waals surface area contributed by atoms with E-state index in [1.165, 1.54) is 38.5 Å². The summed E-state index contributed by atoms with van der Waals surface area (Å²) in [5.41, 5.74) is 0.694. The Balaban J connectivity index is 2.83. The van der Waals surface area contributed by atoms with Crippen molar-refractivity contribution in [3.63, 3.8) is 0 Å². The Kier molecular flexibility index (Phi) is 5.90. The van der Waals surface area contributed by atoms with Crippen LogP contribution >= 0.6 is 0 Å². The highest BCUT2D eigenvalue weighted by molar-refractivity contribution is 5.98. The van der Waals surface area contributed by atoms with Crippen LogP contribution in [0, 0.1) is 5.92 Å². The Bertz CT molecular complexity index is 521. The fraction of sp³-hybridized carbons (Fsp3) is 0.400. The lowest BCUT2D eigenvalue weighted by Gasteiger charge is -2.19. The molecule has 21 heavy (non-hydrogen) atoms. The molecule has 0 aliphatic carbocycles. The maximum absolute atomic E-state index is 12.1. The van der Waals surface area contributed by atoms with E-state index in [0.717, 1.165) is 0 Å². The highest BCUT2D eigenvalue weighted by Gasteiger charge is 2.25. The van der Waals surface area contributed by atoms with Crippen LogP contribution in [0.2, 0.25) is 0 Å². The molecule has 0 radical (unpaired) electrons. The summed E-state index contributed by atoms with van der Waals surface area (Å²) in [6, 6.07) is 5.25. The van der Waals surface area contributed by atoms with Gasteiger partial charge in [-0.15, -0.1) is 0 Å². The molecule has 6 nitrogen and oxygen atoms in total. The van der Waals surface area contributed by atoms with Gasteiger partial charge in [-0.2, -0.15) is 0 Å². The Labute approximate surface area is 123 Å². The molecule has 1 aromatic rings. The van der Waals surface area contributed by atoms with Gasteiger partial charge in [0.25, 0.3) is 5.91 Å². The zero-order valence-corrected chi connectivity index (χ0v) is 12.5. The summed E-state index contributed by atoms with van der Waals surface area (Å²) >= 11 is 0. The first-order valence-electron chi connectivity index (χ1n) is 6.47. The Morgan fingerprint density at radius 3 is 1.90 bits per heavy atom. The van der Waals surface area contributed by atoms with Crippen molar-refractivity contribution in [2.24, 2.45) is 5.92 Å². The van der Waals surface area contributed by atoms with E-state index in [1.807, 2.05) is 13.8 Å². The molecule has 0 spiro atoms. The Morgan fingerprint density at radius 1 is 0.952 bits per heavy atom. The summed E-state index contributed by atoms with van der Waals surface area (Å²) < 4.78 is 9.24. The quantitative estimate of drug-likeness (QED) is 0.830. The van der Waals surface area contributed by atoms with Crippen LogP contribution in [0.5, 0.6) is 0 Å². The molecule has 0 fully saturated rings. The van der Waals surface area contributed by atoms with Crippen molar-refractivity contribution in [1.29, 1.82) is 0 Å². The van der Waals surface area contributed by atoms with Gasteiger partial charge in [0.15, 0.2) is 0 Å². The number of carbonyl (C=O) groups is 3. The number of ether oxygens (including phenoxy) is 2. The van der Waals surface area contributed by atoms with E-state index in [-0.39, 0.29) is 5.92 Å². The predicted molar refractivity (Wildman–Crippen MR) is 75.9 cm³/mol. The van der Waals surface area contributed by atoms with Gasteiger partial charge < -0.3 is 14.8 Å². The van der Waals surface area contributed by atoms with Gasteiger partial charge in [0.05, 0.1) is 19.8 Å². The molecular weight excluding hydrogens is 274 g/mol. The van der Waals surface area contributed by atoms with Crippen LogP contribution in [-0.2, 0) is 14.3 Å². The van der Waals surface area contributed by atoms with Crippen LogP contribution in [-0.4, -0.2) is 38.1 Å². The zero-order chi connectivity index (χ0) is 16.0. The van der Waals surface area contributed by atoms with Gasteiger partial charge in [-0.3, -0.25) is 4.79 Å². The van der Waals surface area contributed by atoms with Gasteiger partial charge in [0, 0.05) is 5.56 Å². The third kappa shape index (κ3) is 4.30. The number of hydrogen-bond acceptors (Lipinski definition) is 5. The molecule has 1 aromatic carbocycles. The average molecular weight is 293 g/mol. The van der Waals surface area contributed by atoms with Gasteiger partial charge >= 0.3 is 11.9 Å². The first kappa shape index (κ1) is 16.7. The van der Waals surface area contributed by atoms with Crippen molar-refractivity contribution in [2.75, 3.05) is 14.2 Å². The third-order valence-corrected chi connectivity index (χ3v) is 2.98. The maximum atomic E-state index is 12.1. The lowest BCUT2D eigenvalue weighted by atomic mass is 10.0. The van der Waals surface area contributed by atoms with Crippen LogP contribution in [0.25, 0.3) is 0 Å². The minimum atomic E-state index is -0.720. The second-order valence-electron chi connectivity index (χ2n) is 4.79. The van der Waals surface area contributed by atoms with Crippen molar-refractivity contribution < 1.29 is 23.9 Å². The van der Waals surface area contributed by atoms with Crippen molar-refractivity contribution in [1.82, 2.24) is 5.32 Å². The molecule has 0 saturated heterocycles. The van der Waals surface area contributed by atoms with E-state index >= 15 is 0 Å². The van der Waals surface area contributed by atoms with Crippen LogP contribution in [0.15, 0.2) is 24.3 Å². The Morgan fingerprint density at radius 2 is 1.48 bits per heavy atom. The highest BCUT2D eigenvalue weighted by atomic mass is 16.5. The molecule has 0 saturated carbocycles. The molecule has 1 atom stereocenters. The minimum absolute atomic E-state index is 0.101. The topological polar surface area (TPSA) is 81.7 Å². The molecule has 0 unspecified atom stereocenters. The molecule has 6 heteroatoms. The number of hydrogen-bond donors (Lipinski definition) is 1. The number of amides is 1. The normalized spacial score (nSPS) is 11.7. The summed E-state index contributed by atoms with van der Waals surface area (Å²) in [7, 11) is 2.56. The standard InChI is InChI=1S/C15H19NO5/c1-9(2)12(15(19)21-4)16-13(17)10-5-7-11(8-6-10)14(18)20-3/h5-9,12H,1-4H3,(H,16,17)/t12-/m0/s1. The van der Waals surface area contributed by atoms with Crippen LogP contribution in [0.3, 0.4) is 0 Å². The minimum Gasteiger partial charge on any atom is -0.467 e. The molecular formula is C15H19NO5. The SMILES string of the molecule is COC(=O)c1ccc(C(=O)N[C@H](C(=O)OC)C(C)C)cc1. The van der Waals surface area contributed by atoms with Crippen molar-refractivity contribution in [2.45, 2.75) is 19.9 Å². The van der Waals surface area contributed by atoms with Gasteiger partial charge in [-0.25, -0.2) is 9.59 Å². The van der Waals surface area contributed by atoms with E-state index in [2.05, 4.69) is 14.8 Å². The van der Waals surface area contributed by atoms with Crippen LogP contribution in [0.1, 0.15) is 34.6 Å². The first-order valence-corrected chi connectivity index (χ1v) is 6.47. The third-order valence-electron chi connectivity index (χ3n) is 2.98. The predicted octanol–water partition coefficient (Wildman–Crippen LogP) is 1.40. The molecule has 0 bridgehead atoms. The second-order valence-corrected chi connectivity index (χ2v) is 4.79. The van der Waals surface area contributed by atoms with Crippen molar-refractivity contribution >= 4 is 17.8 Å². The summed E-state index contributed by atoms with van der Waals surface area (Å²) in [5, 5.41) is 2.62. The summed E-state index contributed by atoms with van der Waals surface area (Å²) in [4.78, 5) is 35.0. The molecule has 1 amide bonds. The van der Waals surface area contributed by atoms with E-state index in [4.69, 9.17) is 0 Å². The molecule has 0 aliphatic rings. The fourth-order valence-corrected chi connectivity index (χ4v) is 1.72. The number of esters is 2. The maximum Gasteiger partial charge on any atom is 0.337 e. The number of rotatable bonds is 5. The van der Waals surface area contributed by atoms with Gasteiger partial charge in [-0.05, 0) is 30.2 Å². The Hall–Kier alpha value is -2.37. The number of benzene rings is 1. The highest BCUT2D eigenvalue weighted by Crippen LogP contribution is 2.09. The largest absolute Gasteiger partial charge is 0.467 e. The fourth-order valence-electron chi connectivity index (χ4n) is 1.72. The molecule has 0 aromatic heterocycles. The number of nitrogens with one attached hydrogen (secondary N) is 1. The monoisotopic (exact) mass is 293 g/mol. The van der Waals surface area contributed by atoms with Crippen molar-refractivity contribution in [3.8, 4) is 0 Å². The van der Waals surface area contributed by atoms with Gasteiger partial charge in [-0.1, -0.05) is 13.8 Å². The average Bonchev–Trinajstić information content (AvgIpc) is 2.50. The summed E-state index contributed by atoms with van der Waals surface area (Å²) in [6.07, 6.45) is 0. The van der Waals surface area contributed by atoms with Crippen molar-refractivity contribution in [3.05, 3.63) is 35.4 Å². The van der Waals surface area contributed by atoms with Gasteiger partial charge in [0.1, 0.15) is 6.04 Å². The molecule has 0 aliphatic heterocycles. The van der Waals surface area contributed by atoms with E-state index in [1.54, 1.807) is 0 Å². The molecule has 0 heterocycles. The lowest BCUT2D eigenvalue weighted by molar-refractivity contribution is -0.144. The van der Waals surface area contributed by atoms with Gasteiger partial charge in [0.2, 0.25) is 0 Å². The van der Waals surface area contributed by atoms with E-state index < -0.39 is 23.9 Å². The van der Waals surface area contributed by atoms with E-state index in [0.29, 0.717) is 11.1 Å². The number of carbonyl (C=O) groups excluding carboxylic acids is 3. The second kappa shape index (κ2) is 7.42. The molecule has 1 rings (SSSR count). The summed E-state index contributed by atoms with van der Waals surface area (Å²) in [5.74, 6) is -1.48. The zero-order valence-electron chi connectivity index (χ0n) is 12.5. The van der Waals surface area contributed by atoms with Crippen LogP contribution < -0.4 is 5.32 Å². The number of methoxy groups -OCH3 is 2. The molecule has 1 N–H and O–H groups in total. The van der Waals surface area contributed by atoms with Crippen LogP contribution in [0.4, 0.5) is 0 Å². The molecule has 114 valence electrons. The summed E-state index contributed by atoms with van der Waals surface area (Å²) in [6.45, 7) is 3.62. The first-order chi connectivity index (χ1) is 9.90. The van der Waals surface area contributed by atoms with E-state index in [9.17, 15) is 14.4 Å².